The summed E-state index contributed by atoms with van der Waals surface area (Å²) in [5.41, 5.74) is 6.27. The number of likely N-dealkylation sites (tertiary alicyclic amines) is 1. The van der Waals surface area contributed by atoms with Crippen LogP contribution < -0.4 is 5.73 Å². The van der Waals surface area contributed by atoms with Gasteiger partial charge < -0.3 is 15.2 Å². The van der Waals surface area contributed by atoms with Crippen LogP contribution >= 0.6 is 24.8 Å². The number of rotatable bonds is 4. The van der Waals surface area contributed by atoms with Crippen LogP contribution in [0.3, 0.4) is 0 Å². The molecule has 0 spiro atoms. The summed E-state index contributed by atoms with van der Waals surface area (Å²) in [6.07, 6.45) is 5.51. The second-order valence-electron chi connectivity index (χ2n) is 6.07. The minimum Gasteiger partial charge on any atom is -0.336 e. The number of hydrogen-bond acceptors (Lipinski definition) is 5. The molecule has 1 fully saturated rings. The number of nitro benzene ring substituents is 1. The van der Waals surface area contributed by atoms with Crippen molar-refractivity contribution in [3.63, 3.8) is 0 Å². The van der Waals surface area contributed by atoms with Gasteiger partial charge in [0, 0.05) is 36.6 Å². The monoisotopic (exact) mass is 401 g/mol. The Morgan fingerprint density at radius 2 is 2.15 bits per heavy atom. The normalized spacial score (nSPS) is 18.8. The lowest BCUT2D eigenvalue weighted by Crippen LogP contribution is -2.34. The highest BCUT2D eigenvalue weighted by molar-refractivity contribution is 5.95. The van der Waals surface area contributed by atoms with Crippen LogP contribution in [0, 0.1) is 16.0 Å². The number of nitro groups is 1. The van der Waals surface area contributed by atoms with Crippen molar-refractivity contribution >= 4 is 36.4 Å². The van der Waals surface area contributed by atoms with E-state index in [0.717, 1.165) is 6.42 Å². The van der Waals surface area contributed by atoms with Crippen molar-refractivity contribution < 1.29 is 9.72 Å². The molecule has 3 rings (SSSR count). The van der Waals surface area contributed by atoms with Crippen LogP contribution in [0.4, 0.5) is 5.69 Å². The molecule has 2 unspecified atom stereocenters. The van der Waals surface area contributed by atoms with Crippen molar-refractivity contribution in [3.05, 3.63) is 52.6 Å². The highest BCUT2D eigenvalue weighted by atomic mass is 35.5. The number of halogens is 2. The average molecular weight is 402 g/mol. The second-order valence-corrected chi connectivity index (χ2v) is 6.07. The van der Waals surface area contributed by atoms with Crippen LogP contribution in [0.5, 0.6) is 0 Å². The molecule has 1 saturated heterocycles. The average Bonchev–Trinajstić information content (AvgIpc) is 3.23. The Bertz CT molecular complexity index is 769. The third-order valence-electron chi connectivity index (χ3n) is 4.46. The van der Waals surface area contributed by atoms with Crippen LogP contribution in [0.2, 0.25) is 0 Å². The van der Waals surface area contributed by atoms with Gasteiger partial charge in [-0.15, -0.1) is 24.8 Å². The Morgan fingerprint density at radius 1 is 1.42 bits per heavy atom. The van der Waals surface area contributed by atoms with E-state index in [4.69, 9.17) is 5.73 Å². The van der Waals surface area contributed by atoms with Crippen molar-refractivity contribution in [2.24, 2.45) is 11.7 Å². The fourth-order valence-electron chi connectivity index (χ4n) is 3.18. The molecule has 142 valence electrons. The lowest BCUT2D eigenvalue weighted by Gasteiger charge is -2.21. The molecule has 1 aliphatic heterocycles. The first-order chi connectivity index (χ1) is 11.5. The number of nitrogens with two attached hydrogens (primary N) is 1. The van der Waals surface area contributed by atoms with Gasteiger partial charge >= 0.3 is 0 Å². The highest BCUT2D eigenvalue weighted by Gasteiger charge is 2.33. The summed E-state index contributed by atoms with van der Waals surface area (Å²) in [7, 11) is 0. The highest BCUT2D eigenvalue weighted by Crippen LogP contribution is 2.28. The van der Waals surface area contributed by atoms with E-state index in [1.165, 1.54) is 12.4 Å². The number of carbonyl (C=O) groups excluding carboxylic acids is 1. The summed E-state index contributed by atoms with van der Waals surface area (Å²) in [6.45, 7) is 3.10. The first-order valence-electron chi connectivity index (χ1n) is 7.79. The molecule has 2 atom stereocenters. The van der Waals surface area contributed by atoms with Gasteiger partial charge in [0.25, 0.3) is 11.6 Å². The van der Waals surface area contributed by atoms with E-state index in [9.17, 15) is 14.9 Å². The minimum absolute atomic E-state index is 0. The molecular formula is C16H21Cl2N5O3. The standard InChI is InChI=1S/C16H19N5O3.2ClH/c1-11-6-12(8-17)9-20(11)16(22)13-2-3-14(15(7-13)21(23)24)19-5-4-18-10-19;;/h2-5,7,10-12H,6,8-9,17H2,1H3;2*1H. The van der Waals surface area contributed by atoms with Crippen molar-refractivity contribution in [2.75, 3.05) is 13.1 Å². The van der Waals surface area contributed by atoms with E-state index in [1.807, 2.05) is 6.92 Å². The van der Waals surface area contributed by atoms with E-state index in [2.05, 4.69) is 4.98 Å². The summed E-state index contributed by atoms with van der Waals surface area (Å²) >= 11 is 0. The van der Waals surface area contributed by atoms with Gasteiger partial charge in [-0.05, 0) is 37.9 Å². The Morgan fingerprint density at radius 3 is 2.69 bits per heavy atom. The number of aromatic nitrogens is 2. The van der Waals surface area contributed by atoms with Crippen LogP contribution in [0.1, 0.15) is 23.7 Å². The Kier molecular flexibility index (Phi) is 7.55. The molecule has 0 aliphatic carbocycles. The van der Waals surface area contributed by atoms with E-state index in [1.54, 1.807) is 34.0 Å². The number of benzene rings is 1. The van der Waals surface area contributed by atoms with E-state index in [0.29, 0.717) is 24.3 Å². The topological polar surface area (TPSA) is 107 Å². The number of amides is 1. The lowest BCUT2D eigenvalue weighted by molar-refractivity contribution is -0.384. The molecule has 26 heavy (non-hydrogen) atoms. The molecule has 1 amide bonds. The van der Waals surface area contributed by atoms with Gasteiger partial charge in [-0.2, -0.15) is 0 Å². The minimum atomic E-state index is -0.484. The SMILES string of the molecule is CC1CC(CN)CN1C(=O)c1ccc(-n2ccnc2)c([N+](=O)[O-])c1.Cl.Cl. The number of nitrogens with zero attached hydrogens (tertiary/aromatic N) is 4. The second kappa shape index (κ2) is 8.98. The van der Waals surface area contributed by atoms with E-state index in [-0.39, 0.29) is 48.4 Å². The predicted octanol–water partition coefficient (Wildman–Crippen LogP) is 2.43. The van der Waals surface area contributed by atoms with Gasteiger partial charge in [0.2, 0.25) is 0 Å². The molecule has 1 aliphatic rings. The number of imidazole rings is 1. The maximum absolute atomic E-state index is 12.7. The Labute approximate surface area is 163 Å². The van der Waals surface area contributed by atoms with Gasteiger partial charge in [-0.3, -0.25) is 14.9 Å². The van der Waals surface area contributed by atoms with Gasteiger partial charge in [0.15, 0.2) is 0 Å². The Balaban J connectivity index is 0.00000169. The van der Waals surface area contributed by atoms with Crippen molar-refractivity contribution in [1.29, 1.82) is 0 Å². The summed E-state index contributed by atoms with van der Waals surface area (Å²) in [5, 5.41) is 11.4. The van der Waals surface area contributed by atoms with Crippen LogP contribution in [0.15, 0.2) is 36.9 Å². The fourth-order valence-corrected chi connectivity index (χ4v) is 3.18. The molecule has 10 heteroatoms. The van der Waals surface area contributed by atoms with E-state index < -0.39 is 4.92 Å². The zero-order valence-corrected chi connectivity index (χ0v) is 15.8. The molecule has 0 radical (unpaired) electrons. The number of hydrogen-bond donors (Lipinski definition) is 1. The zero-order valence-electron chi connectivity index (χ0n) is 14.1. The summed E-state index contributed by atoms with van der Waals surface area (Å²) < 4.78 is 1.55. The molecule has 0 saturated carbocycles. The van der Waals surface area contributed by atoms with Crippen LogP contribution in [0.25, 0.3) is 5.69 Å². The van der Waals surface area contributed by atoms with E-state index >= 15 is 0 Å². The van der Waals surface area contributed by atoms with Crippen molar-refractivity contribution in [1.82, 2.24) is 14.5 Å². The molecular weight excluding hydrogens is 381 g/mol. The fraction of sp³-hybridized carbons (Fsp3) is 0.375. The van der Waals surface area contributed by atoms with Crippen molar-refractivity contribution in [2.45, 2.75) is 19.4 Å². The third-order valence-corrected chi connectivity index (χ3v) is 4.46. The third kappa shape index (κ3) is 4.14. The van der Waals surface area contributed by atoms with Crippen molar-refractivity contribution in [3.8, 4) is 5.69 Å². The largest absolute Gasteiger partial charge is 0.336 e. The van der Waals surface area contributed by atoms with Gasteiger partial charge in [0.1, 0.15) is 5.69 Å². The predicted molar refractivity (Wildman–Crippen MR) is 102 cm³/mol. The molecule has 0 bridgehead atoms. The summed E-state index contributed by atoms with van der Waals surface area (Å²) in [5.74, 6) is 0.0860. The molecule has 2 aromatic rings. The van der Waals surface area contributed by atoms with Gasteiger partial charge in [-0.25, -0.2) is 4.98 Å². The first kappa shape index (κ1) is 21.9. The quantitative estimate of drug-likeness (QED) is 0.624. The molecule has 1 aromatic carbocycles. The van der Waals surface area contributed by atoms with Crippen LogP contribution in [-0.2, 0) is 0 Å². The lowest BCUT2D eigenvalue weighted by atomic mass is 10.1. The van der Waals surface area contributed by atoms with Gasteiger partial charge in [0.05, 0.1) is 11.3 Å². The summed E-state index contributed by atoms with van der Waals surface area (Å²) in [6, 6.07) is 4.61. The molecule has 1 aromatic heterocycles. The smallest absolute Gasteiger partial charge is 0.294 e. The maximum atomic E-state index is 12.7. The van der Waals surface area contributed by atoms with Crippen LogP contribution in [-0.4, -0.2) is 44.4 Å². The molecule has 8 nitrogen and oxygen atoms in total. The first-order valence-corrected chi connectivity index (χ1v) is 7.79. The van der Waals surface area contributed by atoms with Gasteiger partial charge in [-0.1, -0.05) is 0 Å². The summed E-state index contributed by atoms with van der Waals surface area (Å²) in [4.78, 5) is 29.3. The Hall–Kier alpha value is -2.16. The molecule has 2 N–H and O–H groups in total. The number of carbonyl (C=O) groups is 1. The maximum Gasteiger partial charge on any atom is 0.294 e. The zero-order chi connectivity index (χ0) is 17.3. The molecule has 2 heterocycles.